The fourth-order valence-corrected chi connectivity index (χ4v) is 3.09. The van der Waals surface area contributed by atoms with E-state index in [0.29, 0.717) is 23.8 Å². The van der Waals surface area contributed by atoms with Gasteiger partial charge < -0.3 is 14.6 Å². The van der Waals surface area contributed by atoms with E-state index in [-0.39, 0.29) is 11.9 Å². The standard InChI is InChI=1S/C17H20ClN3O2/c1-12-19-8-10-21(12)9-3-6-16(22)20-15-7-11-23-17-13(15)4-2-5-14(17)18/h2,4-5,8,10,15H,3,6-7,9,11H2,1H3,(H,20,22)/t15-/m1/s1. The summed E-state index contributed by atoms with van der Waals surface area (Å²) in [7, 11) is 0. The molecular formula is C17H20ClN3O2. The van der Waals surface area contributed by atoms with E-state index in [9.17, 15) is 4.79 Å². The van der Waals surface area contributed by atoms with Gasteiger partial charge in [-0.05, 0) is 19.4 Å². The van der Waals surface area contributed by atoms with Crippen molar-refractivity contribution in [2.45, 2.75) is 38.8 Å². The van der Waals surface area contributed by atoms with E-state index in [0.717, 1.165) is 30.8 Å². The number of fused-ring (bicyclic) bond motifs is 1. The van der Waals surface area contributed by atoms with Crippen LogP contribution in [-0.4, -0.2) is 22.1 Å². The minimum atomic E-state index is -0.0278. The van der Waals surface area contributed by atoms with Gasteiger partial charge in [-0.1, -0.05) is 23.7 Å². The molecule has 0 fully saturated rings. The number of carbonyl (C=O) groups is 1. The quantitative estimate of drug-likeness (QED) is 0.913. The van der Waals surface area contributed by atoms with Crippen molar-refractivity contribution < 1.29 is 9.53 Å². The number of para-hydroxylation sites is 1. The Morgan fingerprint density at radius 2 is 2.39 bits per heavy atom. The van der Waals surface area contributed by atoms with E-state index >= 15 is 0 Å². The number of carbonyl (C=O) groups excluding carboxylic acids is 1. The van der Waals surface area contributed by atoms with Crippen molar-refractivity contribution in [3.8, 4) is 5.75 Å². The van der Waals surface area contributed by atoms with Crippen LogP contribution in [0.2, 0.25) is 5.02 Å². The first-order valence-corrected chi connectivity index (χ1v) is 8.21. The molecule has 2 aromatic rings. The first-order valence-electron chi connectivity index (χ1n) is 7.83. The van der Waals surface area contributed by atoms with Crippen molar-refractivity contribution in [1.82, 2.24) is 14.9 Å². The van der Waals surface area contributed by atoms with Gasteiger partial charge in [0.25, 0.3) is 0 Å². The van der Waals surface area contributed by atoms with E-state index in [1.54, 1.807) is 12.3 Å². The average Bonchev–Trinajstić information content (AvgIpc) is 2.94. The third-order valence-corrected chi connectivity index (χ3v) is 4.39. The maximum atomic E-state index is 12.2. The number of hydrogen-bond donors (Lipinski definition) is 1. The molecule has 122 valence electrons. The summed E-state index contributed by atoms with van der Waals surface area (Å²) < 4.78 is 7.67. The molecule has 3 rings (SSSR count). The summed E-state index contributed by atoms with van der Waals surface area (Å²) in [6, 6.07) is 5.62. The van der Waals surface area contributed by atoms with Crippen LogP contribution in [-0.2, 0) is 11.3 Å². The largest absolute Gasteiger partial charge is 0.492 e. The van der Waals surface area contributed by atoms with Gasteiger partial charge in [-0.15, -0.1) is 0 Å². The third-order valence-electron chi connectivity index (χ3n) is 4.09. The summed E-state index contributed by atoms with van der Waals surface area (Å²) in [5.41, 5.74) is 0.961. The van der Waals surface area contributed by atoms with Crippen LogP contribution in [0.5, 0.6) is 5.75 Å². The second-order valence-electron chi connectivity index (χ2n) is 5.69. The molecule has 0 aliphatic carbocycles. The maximum Gasteiger partial charge on any atom is 0.220 e. The number of rotatable bonds is 5. The molecule has 1 aromatic carbocycles. The Kier molecular flexibility index (Phi) is 4.86. The van der Waals surface area contributed by atoms with Gasteiger partial charge in [0.1, 0.15) is 11.6 Å². The highest BCUT2D eigenvalue weighted by molar-refractivity contribution is 6.32. The van der Waals surface area contributed by atoms with E-state index in [4.69, 9.17) is 16.3 Å². The summed E-state index contributed by atoms with van der Waals surface area (Å²) in [5, 5.41) is 3.69. The first kappa shape index (κ1) is 15.9. The van der Waals surface area contributed by atoms with Crippen molar-refractivity contribution in [3.63, 3.8) is 0 Å². The van der Waals surface area contributed by atoms with Crippen molar-refractivity contribution in [2.75, 3.05) is 6.61 Å². The highest BCUT2D eigenvalue weighted by atomic mass is 35.5. The van der Waals surface area contributed by atoms with Crippen LogP contribution >= 0.6 is 11.6 Å². The van der Waals surface area contributed by atoms with Gasteiger partial charge >= 0.3 is 0 Å². The van der Waals surface area contributed by atoms with Gasteiger partial charge in [0.15, 0.2) is 0 Å². The van der Waals surface area contributed by atoms with Crippen LogP contribution < -0.4 is 10.1 Å². The number of nitrogens with one attached hydrogen (secondary N) is 1. The number of benzene rings is 1. The van der Waals surface area contributed by atoms with Crippen LogP contribution in [0.1, 0.15) is 36.7 Å². The Labute approximate surface area is 140 Å². The minimum Gasteiger partial charge on any atom is -0.492 e. The Bertz CT molecular complexity index is 699. The number of halogens is 1. The lowest BCUT2D eigenvalue weighted by Crippen LogP contribution is -2.32. The lowest BCUT2D eigenvalue weighted by atomic mass is 10.0. The van der Waals surface area contributed by atoms with E-state index < -0.39 is 0 Å². The fraction of sp³-hybridized carbons (Fsp3) is 0.412. The van der Waals surface area contributed by atoms with Gasteiger partial charge in [0.2, 0.25) is 5.91 Å². The molecule has 1 N–H and O–H groups in total. The Hall–Kier alpha value is -2.01. The highest BCUT2D eigenvalue weighted by Crippen LogP contribution is 2.37. The topological polar surface area (TPSA) is 56.2 Å². The maximum absolute atomic E-state index is 12.2. The van der Waals surface area contributed by atoms with Crippen LogP contribution in [0.25, 0.3) is 0 Å². The molecule has 0 bridgehead atoms. The van der Waals surface area contributed by atoms with Gasteiger partial charge in [-0.25, -0.2) is 4.98 Å². The average molecular weight is 334 g/mol. The molecular weight excluding hydrogens is 314 g/mol. The van der Waals surface area contributed by atoms with Crippen LogP contribution in [0.3, 0.4) is 0 Å². The van der Waals surface area contributed by atoms with Gasteiger partial charge in [0, 0.05) is 37.3 Å². The number of ether oxygens (including phenoxy) is 1. The summed E-state index contributed by atoms with van der Waals surface area (Å²) in [6.07, 6.45) is 5.75. The third kappa shape index (κ3) is 3.67. The van der Waals surface area contributed by atoms with Crippen molar-refractivity contribution in [1.29, 1.82) is 0 Å². The molecule has 1 aliphatic heterocycles. The smallest absolute Gasteiger partial charge is 0.220 e. The zero-order chi connectivity index (χ0) is 16.2. The molecule has 5 nitrogen and oxygen atoms in total. The van der Waals surface area contributed by atoms with E-state index in [1.165, 1.54) is 0 Å². The molecule has 0 saturated carbocycles. The number of aryl methyl sites for hydroxylation is 2. The Morgan fingerprint density at radius 3 is 3.17 bits per heavy atom. The van der Waals surface area contributed by atoms with E-state index in [1.807, 2.05) is 25.3 Å². The molecule has 6 heteroatoms. The lowest BCUT2D eigenvalue weighted by Gasteiger charge is -2.27. The highest BCUT2D eigenvalue weighted by Gasteiger charge is 2.24. The van der Waals surface area contributed by atoms with Crippen molar-refractivity contribution >= 4 is 17.5 Å². The molecule has 0 radical (unpaired) electrons. The lowest BCUT2D eigenvalue weighted by molar-refractivity contribution is -0.122. The number of imidazole rings is 1. The summed E-state index contributed by atoms with van der Waals surface area (Å²) in [6.45, 7) is 3.33. The van der Waals surface area contributed by atoms with Crippen LogP contribution in [0.15, 0.2) is 30.6 Å². The Balaban J connectivity index is 1.55. The predicted molar refractivity (Wildman–Crippen MR) is 88.6 cm³/mol. The first-order chi connectivity index (χ1) is 11.1. The number of amides is 1. The zero-order valence-corrected chi connectivity index (χ0v) is 13.8. The number of aromatic nitrogens is 2. The van der Waals surface area contributed by atoms with Gasteiger partial charge in [-0.2, -0.15) is 0 Å². The second kappa shape index (κ2) is 7.04. The molecule has 2 heterocycles. The minimum absolute atomic E-state index is 0.0278. The molecule has 1 aliphatic rings. The molecule has 0 saturated heterocycles. The summed E-state index contributed by atoms with van der Waals surface area (Å²) in [5.74, 6) is 1.72. The Morgan fingerprint density at radius 1 is 1.52 bits per heavy atom. The zero-order valence-electron chi connectivity index (χ0n) is 13.1. The van der Waals surface area contributed by atoms with Crippen molar-refractivity contribution in [2.24, 2.45) is 0 Å². The summed E-state index contributed by atoms with van der Waals surface area (Å²) in [4.78, 5) is 16.4. The monoisotopic (exact) mass is 333 g/mol. The molecule has 1 atom stereocenters. The molecule has 0 unspecified atom stereocenters. The predicted octanol–water partition coefficient (Wildman–Crippen LogP) is 3.27. The van der Waals surface area contributed by atoms with Gasteiger partial charge in [0.05, 0.1) is 17.7 Å². The van der Waals surface area contributed by atoms with Crippen molar-refractivity contribution in [3.05, 3.63) is 47.0 Å². The van der Waals surface area contributed by atoms with Crippen LogP contribution in [0, 0.1) is 6.92 Å². The number of nitrogens with zero attached hydrogens (tertiary/aromatic N) is 2. The molecule has 0 spiro atoms. The SMILES string of the molecule is Cc1nccn1CCCC(=O)N[C@@H]1CCOc2c(Cl)cccc21. The molecule has 1 amide bonds. The normalized spacial score (nSPS) is 16.5. The molecule has 1 aromatic heterocycles. The summed E-state index contributed by atoms with van der Waals surface area (Å²) >= 11 is 6.15. The van der Waals surface area contributed by atoms with Crippen LogP contribution in [0.4, 0.5) is 0 Å². The fourth-order valence-electron chi connectivity index (χ4n) is 2.85. The van der Waals surface area contributed by atoms with Gasteiger partial charge in [-0.3, -0.25) is 4.79 Å². The second-order valence-corrected chi connectivity index (χ2v) is 6.09. The van der Waals surface area contributed by atoms with E-state index in [2.05, 4.69) is 14.9 Å². The molecule has 23 heavy (non-hydrogen) atoms. The number of hydrogen-bond acceptors (Lipinski definition) is 3.